The van der Waals surface area contributed by atoms with Crippen LogP contribution < -0.4 is 5.56 Å². The van der Waals surface area contributed by atoms with Crippen molar-refractivity contribution in [2.45, 2.75) is 6.92 Å². The fourth-order valence-corrected chi connectivity index (χ4v) is 1.98. The van der Waals surface area contributed by atoms with Gasteiger partial charge in [0.05, 0.1) is 11.8 Å². The summed E-state index contributed by atoms with van der Waals surface area (Å²) in [7, 11) is 0. The van der Waals surface area contributed by atoms with Crippen molar-refractivity contribution in [1.29, 1.82) is 0 Å². The van der Waals surface area contributed by atoms with Crippen molar-refractivity contribution in [2.24, 2.45) is 0 Å². The highest BCUT2D eigenvalue weighted by Crippen LogP contribution is 2.25. The minimum absolute atomic E-state index is 0.164. The van der Waals surface area contributed by atoms with Gasteiger partial charge in [0.15, 0.2) is 0 Å². The molecular weight excluding hydrogens is 256 g/mol. The lowest BCUT2D eigenvalue weighted by molar-refractivity contribution is 0.454. The summed E-state index contributed by atoms with van der Waals surface area (Å²) < 4.78 is 4.93. The standard InChI is InChI=1S/C15H12N2O3/c1-9-2-4-10(5-3-9)12-14(18)16-13(17-15(12)19)11-6-7-20-8-11/h2-8H,1H3,(H2,16,17,18,19). The normalized spacial score (nSPS) is 10.7. The minimum atomic E-state index is -0.391. The van der Waals surface area contributed by atoms with E-state index in [9.17, 15) is 9.90 Å². The zero-order chi connectivity index (χ0) is 14.1. The Morgan fingerprint density at radius 2 is 1.90 bits per heavy atom. The number of benzene rings is 1. The highest BCUT2D eigenvalue weighted by atomic mass is 16.3. The predicted molar refractivity (Wildman–Crippen MR) is 74.4 cm³/mol. The van der Waals surface area contributed by atoms with E-state index in [4.69, 9.17) is 4.42 Å². The molecule has 2 aromatic heterocycles. The van der Waals surface area contributed by atoms with Crippen molar-refractivity contribution >= 4 is 0 Å². The number of aromatic amines is 1. The first kappa shape index (κ1) is 12.2. The van der Waals surface area contributed by atoms with Crippen LogP contribution in [-0.4, -0.2) is 15.1 Å². The number of rotatable bonds is 2. The number of aromatic hydroxyl groups is 1. The Hall–Kier alpha value is -2.82. The molecular formula is C15H12N2O3. The first-order valence-electron chi connectivity index (χ1n) is 6.08. The number of H-pyrrole nitrogens is 1. The second kappa shape index (κ2) is 4.70. The summed E-state index contributed by atoms with van der Waals surface area (Å²) in [6, 6.07) is 8.96. The number of nitrogens with zero attached hydrogens (tertiary/aromatic N) is 1. The lowest BCUT2D eigenvalue weighted by Gasteiger charge is -2.05. The SMILES string of the molecule is Cc1ccc(-c2c(O)nc(-c3ccoc3)[nH]c2=O)cc1. The highest BCUT2D eigenvalue weighted by molar-refractivity contribution is 5.69. The summed E-state index contributed by atoms with van der Waals surface area (Å²) in [5, 5.41) is 10.0. The van der Waals surface area contributed by atoms with Gasteiger partial charge in [0, 0.05) is 0 Å². The van der Waals surface area contributed by atoms with E-state index in [2.05, 4.69) is 9.97 Å². The Balaban J connectivity index is 2.14. The molecule has 0 bridgehead atoms. The van der Waals surface area contributed by atoms with Gasteiger partial charge in [-0.3, -0.25) is 4.79 Å². The molecule has 0 amide bonds. The van der Waals surface area contributed by atoms with Gasteiger partial charge in [-0.25, -0.2) is 0 Å². The molecule has 0 saturated carbocycles. The predicted octanol–water partition coefficient (Wildman–Crippen LogP) is 2.71. The smallest absolute Gasteiger partial charge is 0.262 e. The molecule has 5 heteroatoms. The number of aryl methyl sites for hydroxylation is 1. The van der Waals surface area contributed by atoms with Crippen LogP contribution in [0.2, 0.25) is 0 Å². The summed E-state index contributed by atoms with van der Waals surface area (Å²) in [6.07, 6.45) is 2.92. The largest absolute Gasteiger partial charge is 0.493 e. The van der Waals surface area contributed by atoms with Gasteiger partial charge in [-0.05, 0) is 18.6 Å². The second-order valence-electron chi connectivity index (χ2n) is 4.49. The van der Waals surface area contributed by atoms with Crippen molar-refractivity contribution < 1.29 is 9.52 Å². The van der Waals surface area contributed by atoms with E-state index in [1.165, 1.54) is 12.5 Å². The van der Waals surface area contributed by atoms with Crippen LogP contribution in [0.5, 0.6) is 5.88 Å². The Labute approximate surface area is 114 Å². The molecule has 2 N–H and O–H groups in total. The average molecular weight is 268 g/mol. The number of hydrogen-bond donors (Lipinski definition) is 2. The lowest BCUT2D eigenvalue weighted by atomic mass is 10.1. The van der Waals surface area contributed by atoms with Gasteiger partial charge in [0.2, 0.25) is 5.88 Å². The monoisotopic (exact) mass is 268 g/mol. The molecule has 20 heavy (non-hydrogen) atoms. The van der Waals surface area contributed by atoms with E-state index >= 15 is 0 Å². The summed E-state index contributed by atoms with van der Waals surface area (Å²) in [5.74, 6) is -0.0223. The van der Waals surface area contributed by atoms with Crippen LogP contribution in [0.1, 0.15) is 5.56 Å². The van der Waals surface area contributed by atoms with Crippen molar-refractivity contribution in [1.82, 2.24) is 9.97 Å². The fourth-order valence-electron chi connectivity index (χ4n) is 1.98. The molecule has 3 aromatic rings. The fraction of sp³-hybridized carbons (Fsp3) is 0.0667. The van der Waals surface area contributed by atoms with Crippen LogP contribution in [0.25, 0.3) is 22.5 Å². The lowest BCUT2D eigenvalue weighted by Crippen LogP contribution is -2.11. The van der Waals surface area contributed by atoms with Crippen LogP contribution in [0.15, 0.2) is 52.1 Å². The molecule has 2 heterocycles. The van der Waals surface area contributed by atoms with E-state index in [-0.39, 0.29) is 17.3 Å². The zero-order valence-electron chi connectivity index (χ0n) is 10.8. The average Bonchev–Trinajstić information content (AvgIpc) is 2.94. The van der Waals surface area contributed by atoms with Crippen molar-refractivity contribution in [3.63, 3.8) is 0 Å². The summed E-state index contributed by atoms with van der Waals surface area (Å²) in [5.41, 5.74) is 2.08. The van der Waals surface area contributed by atoms with Crippen molar-refractivity contribution in [3.05, 3.63) is 58.8 Å². The number of aromatic nitrogens is 2. The molecule has 0 aliphatic heterocycles. The van der Waals surface area contributed by atoms with E-state index in [0.717, 1.165) is 5.56 Å². The van der Waals surface area contributed by atoms with Gasteiger partial charge in [-0.1, -0.05) is 29.8 Å². The van der Waals surface area contributed by atoms with Gasteiger partial charge in [-0.2, -0.15) is 4.98 Å². The quantitative estimate of drug-likeness (QED) is 0.749. The molecule has 0 fully saturated rings. The van der Waals surface area contributed by atoms with Gasteiger partial charge in [0.25, 0.3) is 5.56 Å². The minimum Gasteiger partial charge on any atom is -0.493 e. The number of hydrogen-bond acceptors (Lipinski definition) is 4. The van der Waals surface area contributed by atoms with Crippen LogP contribution in [0.4, 0.5) is 0 Å². The third-order valence-corrected chi connectivity index (χ3v) is 3.04. The van der Waals surface area contributed by atoms with E-state index in [1.807, 2.05) is 19.1 Å². The summed E-state index contributed by atoms with van der Waals surface area (Å²) in [4.78, 5) is 18.8. The molecule has 0 aliphatic carbocycles. The van der Waals surface area contributed by atoms with Crippen LogP contribution in [0.3, 0.4) is 0 Å². The molecule has 0 atom stereocenters. The van der Waals surface area contributed by atoms with Crippen LogP contribution >= 0.6 is 0 Å². The van der Waals surface area contributed by atoms with Crippen LogP contribution in [0, 0.1) is 6.92 Å². The first-order valence-corrected chi connectivity index (χ1v) is 6.08. The second-order valence-corrected chi connectivity index (χ2v) is 4.49. The molecule has 0 saturated heterocycles. The molecule has 1 aromatic carbocycles. The first-order chi connectivity index (χ1) is 9.65. The third kappa shape index (κ3) is 2.09. The maximum atomic E-state index is 12.2. The molecule has 5 nitrogen and oxygen atoms in total. The number of furan rings is 1. The Bertz CT molecular complexity index is 787. The highest BCUT2D eigenvalue weighted by Gasteiger charge is 2.14. The molecule has 0 aliphatic rings. The van der Waals surface area contributed by atoms with Gasteiger partial charge >= 0.3 is 0 Å². The molecule has 100 valence electrons. The van der Waals surface area contributed by atoms with E-state index in [0.29, 0.717) is 11.1 Å². The molecule has 0 spiro atoms. The van der Waals surface area contributed by atoms with Gasteiger partial charge < -0.3 is 14.5 Å². The Morgan fingerprint density at radius 1 is 1.15 bits per heavy atom. The maximum absolute atomic E-state index is 12.2. The summed E-state index contributed by atoms with van der Waals surface area (Å²) >= 11 is 0. The van der Waals surface area contributed by atoms with Gasteiger partial charge in [-0.15, -0.1) is 0 Å². The third-order valence-electron chi connectivity index (χ3n) is 3.04. The van der Waals surface area contributed by atoms with Crippen molar-refractivity contribution in [3.8, 4) is 28.4 Å². The van der Waals surface area contributed by atoms with E-state index < -0.39 is 5.56 Å². The Morgan fingerprint density at radius 3 is 2.50 bits per heavy atom. The van der Waals surface area contributed by atoms with Crippen LogP contribution in [-0.2, 0) is 0 Å². The van der Waals surface area contributed by atoms with Gasteiger partial charge in [0.1, 0.15) is 17.7 Å². The molecule has 0 unspecified atom stereocenters. The van der Waals surface area contributed by atoms with Crippen molar-refractivity contribution in [2.75, 3.05) is 0 Å². The maximum Gasteiger partial charge on any atom is 0.262 e. The number of nitrogens with one attached hydrogen (secondary N) is 1. The summed E-state index contributed by atoms with van der Waals surface area (Å²) in [6.45, 7) is 1.95. The van der Waals surface area contributed by atoms with E-state index in [1.54, 1.807) is 18.2 Å². The topological polar surface area (TPSA) is 79.1 Å². The molecule has 0 radical (unpaired) electrons. The Kier molecular flexibility index (Phi) is 2.87. The zero-order valence-corrected chi connectivity index (χ0v) is 10.8. The molecule has 3 rings (SSSR count).